The summed E-state index contributed by atoms with van der Waals surface area (Å²) in [5.74, 6) is -0.827. The Bertz CT molecular complexity index is 860. The van der Waals surface area contributed by atoms with Crippen molar-refractivity contribution in [2.75, 3.05) is 11.4 Å². The van der Waals surface area contributed by atoms with Gasteiger partial charge in [-0.25, -0.2) is 4.98 Å². The van der Waals surface area contributed by atoms with E-state index >= 15 is 0 Å². The molecule has 0 amide bonds. The average molecular weight is 373 g/mol. The van der Waals surface area contributed by atoms with E-state index in [-0.39, 0.29) is 6.42 Å². The number of hydrogen-bond acceptors (Lipinski definition) is 4. The van der Waals surface area contributed by atoms with Gasteiger partial charge in [-0.2, -0.15) is 0 Å². The summed E-state index contributed by atoms with van der Waals surface area (Å²) in [5.41, 5.74) is 3.92. The molecule has 0 aliphatic carbocycles. The van der Waals surface area contributed by atoms with Crippen molar-refractivity contribution in [3.63, 3.8) is 0 Å². The monoisotopic (exact) mass is 372 g/mol. The summed E-state index contributed by atoms with van der Waals surface area (Å²) in [7, 11) is 0. The number of carboxylic acid groups (broad SMARTS) is 1. The number of aromatic nitrogens is 1. The van der Waals surface area contributed by atoms with Crippen LogP contribution in [-0.2, 0) is 4.79 Å². The van der Waals surface area contributed by atoms with Crippen molar-refractivity contribution in [3.05, 3.63) is 64.5 Å². The van der Waals surface area contributed by atoms with Crippen LogP contribution < -0.4 is 4.90 Å². The second kappa shape index (κ2) is 7.68. The number of aryl methyl sites for hydroxylation is 1. The molecule has 0 radical (unpaired) electrons. The van der Waals surface area contributed by atoms with Gasteiger partial charge < -0.3 is 10.0 Å². The number of anilines is 2. The first kappa shape index (κ1) is 17.5. The highest BCUT2D eigenvalue weighted by molar-refractivity contribution is 7.14. The molecule has 0 unspecified atom stereocenters. The molecule has 25 heavy (non-hydrogen) atoms. The van der Waals surface area contributed by atoms with Crippen LogP contribution in [0.5, 0.6) is 0 Å². The normalized spacial score (nSPS) is 10.6. The van der Waals surface area contributed by atoms with E-state index < -0.39 is 5.97 Å². The minimum absolute atomic E-state index is 0.0454. The molecule has 1 aromatic heterocycles. The van der Waals surface area contributed by atoms with E-state index in [2.05, 4.69) is 0 Å². The SMILES string of the molecule is Cc1ccc(N(CCC(=O)O)c2nc(-c3ccc(Cl)cc3)cs2)cc1. The number of benzene rings is 2. The number of aliphatic carboxylic acids is 1. The highest BCUT2D eigenvalue weighted by atomic mass is 35.5. The van der Waals surface area contributed by atoms with Gasteiger partial charge in [-0.3, -0.25) is 4.79 Å². The summed E-state index contributed by atoms with van der Waals surface area (Å²) in [6.45, 7) is 2.39. The van der Waals surface area contributed by atoms with E-state index in [1.807, 2.05) is 65.7 Å². The Balaban J connectivity index is 1.91. The molecule has 128 valence electrons. The lowest BCUT2D eigenvalue weighted by Gasteiger charge is -2.21. The molecule has 6 heteroatoms. The van der Waals surface area contributed by atoms with E-state index in [1.54, 1.807) is 0 Å². The standard InChI is InChI=1S/C19H17ClN2O2S/c1-13-2-8-16(9-3-13)22(11-10-18(23)24)19-21-17(12-25-19)14-4-6-15(20)7-5-14/h2-9,12H,10-11H2,1H3,(H,23,24). The van der Waals surface area contributed by atoms with Crippen molar-refractivity contribution in [2.24, 2.45) is 0 Å². The molecule has 0 aliphatic heterocycles. The van der Waals surface area contributed by atoms with Crippen molar-refractivity contribution in [1.29, 1.82) is 0 Å². The molecule has 3 rings (SSSR count). The maximum absolute atomic E-state index is 11.0. The number of thiazole rings is 1. The fourth-order valence-corrected chi connectivity index (χ4v) is 3.42. The number of carbonyl (C=O) groups is 1. The van der Waals surface area contributed by atoms with Crippen LogP contribution in [0.3, 0.4) is 0 Å². The summed E-state index contributed by atoms with van der Waals surface area (Å²) in [4.78, 5) is 17.7. The van der Waals surface area contributed by atoms with E-state index in [4.69, 9.17) is 21.7 Å². The summed E-state index contributed by atoms with van der Waals surface area (Å²) in [6, 6.07) is 15.5. The number of nitrogens with zero attached hydrogens (tertiary/aromatic N) is 2. The molecule has 2 aromatic carbocycles. The van der Waals surface area contributed by atoms with Gasteiger partial charge in [0.2, 0.25) is 0 Å². The molecule has 1 heterocycles. The predicted octanol–water partition coefficient (Wildman–Crippen LogP) is 5.38. The van der Waals surface area contributed by atoms with Crippen molar-refractivity contribution < 1.29 is 9.90 Å². The second-order valence-corrected chi connectivity index (χ2v) is 6.93. The molecule has 0 aliphatic rings. The predicted molar refractivity (Wildman–Crippen MR) is 103 cm³/mol. The fourth-order valence-electron chi connectivity index (χ4n) is 2.41. The lowest BCUT2D eigenvalue weighted by Crippen LogP contribution is -2.20. The van der Waals surface area contributed by atoms with Gasteiger partial charge in [0.05, 0.1) is 12.1 Å². The second-order valence-electron chi connectivity index (χ2n) is 5.65. The molecule has 0 fully saturated rings. The minimum atomic E-state index is -0.827. The Morgan fingerprint density at radius 3 is 2.48 bits per heavy atom. The molecule has 1 N–H and O–H groups in total. The van der Waals surface area contributed by atoms with Gasteiger partial charge in [0.25, 0.3) is 0 Å². The van der Waals surface area contributed by atoms with Gasteiger partial charge in [-0.1, -0.05) is 41.4 Å². The van der Waals surface area contributed by atoms with Gasteiger partial charge in [0.1, 0.15) is 0 Å². The molecule has 0 bridgehead atoms. The number of rotatable bonds is 6. The van der Waals surface area contributed by atoms with E-state index in [9.17, 15) is 4.79 Å². The van der Waals surface area contributed by atoms with Gasteiger partial charge in [-0.05, 0) is 31.2 Å². The van der Waals surface area contributed by atoms with E-state index in [1.165, 1.54) is 11.3 Å². The molecule has 0 saturated carbocycles. The molecule has 0 spiro atoms. The molecular formula is C19H17ClN2O2S. The third kappa shape index (κ3) is 4.38. The summed E-state index contributed by atoms with van der Waals surface area (Å²) in [6.07, 6.45) is 0.0454. The first-order valence-electron chi connectivity index (χ1n) is 7.80. The molecular weight excluding hydrogens is 356 g/mol. The quantitative estimate of drug-likeness (QED) is 0.630. The zero-order chi connectivity index (χ0) is 17.8. The van der Waals surface area contributed by atoms with E-state index in [0.29, 0.717) is 11.6 Å². The van der Waals surface area contributed by atoms with Crippen molar-refractivity contribution in [3.8, 4) is 11.3 Å². The fraction of sp³-hybridized carbons (Fsp3) is 0.158. The van der Waals surface area contributed by atoms with Gasteiger partial charge in [0.15, 0.2) is 5.13 Å². The van der Waals surface area contributed by atoms with Crippen molar-refractivity contribution in [2.45, 2.75) is 13.3 Å². The van der Waals surface area contributed by atoms with Crippen LogP contribution in [-0.4, -0.2) is 22.6 Å². The van der Waals surface area contributed by atoms with Gasteiger partial charge in [-0.15, -0.1) is 11.3 Å². The lowest BCUT2D eigenvalue weighted by atomic mass is 10.2. The van der Waals surface area contributed by atoms with Crippen LogP contribution in [0.2, 0.25) is 5.02 Å². The summed E-state index contributed by atoms with van der Waals surface area (Å²) in [5, 5.41) is 12.5. The van der Waals surface area contributed by atoms with Crippen LogP contribution in [0.1, 0.15) is 12.0 Å². The van der Waals surface area contributed by atoms with Crippen molar-refractivity contribution >= 4 is 39.7 Å². The van der Waals surface area contributed by atoms with Crippen molar-refractivity contribution in [1.82, 2.24) is 4.98 Å². The number of carboxylic acids is 1. The first-order valence-corrected chi connectivity index (χ1v) is 9.06. The van der Waals surface area contributed by atoms with Crippen LogP contribution in [0.15, 0.2) is 53.9 Å². The molecule has 0 saturated heterocycles. The maximum atomic E-state index is 11.0. The summed E-state index contributed by atoms with van der Waals surface area (Å²) >= 11 is 7.43. The Labute approximate surface area is 155 Å². The molecule has 4 nitrogen and oxygen atoms in total. The highest BCUT2D eigenvalue weighted by Gasteiger charge is 2.15. The average Bonchev–Trinajstić information content (AvgIpc) is 3.07. The summed E-state index contributed by atoms with van der Waals surface area (Å²) < 4.78 is 0. The van der Waals surface area contributed by atoms with Crippen LogP contribution in [0.4, 0.5) is 10.8 Å². The van der Waals surface area contributed by atoms with Gasteiger partial charge >= 0.3 is 5.97 Å². The zero-order valence-corrected chi connectivity index (χ0v) is 15.2. The van der Waals surface area contributed by atoms with Crippen LogP contribution in [0, 0.1) is 6.92 Å². The molecule has 3 aromatic rings. The van der Waals surface area contributed by atoms with Gasteiger partial charge in [0, 0.05) is 28.2 Å². The molecule has 0 atom stereocenters. The minimum Gasteiger partial charge on any atom is -0.481 e. The van der Waals surface area contributed by atoms with E-state index in [0.717, 1.165) is 27.6 Å². The third-order valence-electron chi connectivity index (χ3n) is 3.76. The Morgan fingerprint density at radius 2 is 1.84 bits per heavy atom. The Morgan fingerprint density at radius 1 is 1.16 bits per heavy atom. The zero-order valence-electron chi connectivity index (χ0n) is 13.6. The van der Waals surface area contributed by atoms with Crippen LogP contribution >= 0.6 is 22.9 Å². The smallest absolute Gasteiger partial charge is 0.305 e. The first-order chi connectivity index (χ1) is 12.0. The number of hydrogen-bond donors (Lipinski definition) is 1. The maximum Gasteiger partial charge on any atom is 0.305 e. The highest BCUT2D eigenvalue weighted by Crippen LogP contribution is 2.32. The Hall–Kier alpha value is -2.37. The lowest BCUT2D eigenvalue weighted by molar-refractivity contribution is -0.136. The topological polar surface area (TPSA) is 53.4 Å². The Kier molecular flexibility index (Phi) is 5.36. The third-order valence-corrected chi connectivity index (χ3v) is 4.87. The largest absolute Gasteiger partial charge is 0.481 e. The number of halogens is 1. The van der Waals surface area contributed by atoms with Crippen LogP contribution in [0.25, 0.3) is 11.3 Å².